The Morgan fingerprint density at radius 3 is 2.94 bits per heavy atom. The van der Waals surface area contributed by atoms with Crippen LogP contribution in [-0.4, -0.2) is 37.5 Å². The monoisotopic (exact) mass is 272 g/mol. The number of nitrogens with one attached hydrogen (secondary N) is 2. The summed E-state index contributed by atoms with van der Waals surface area (Å²) in [5, 5.41) is 16.1. The van der Waals surface area contributed by atoms with Crippen molar-refractivity contribution in [3.63, 3.8) is 0 Å². The van der Waals surface area contributed by atoms with E-state index in [4.69, 9.17) is 9.84 Å². The van der Waals surface area contributed by atoms with Gasteiger partial charge < -0.3 is 20.5 Å². The predicted octanol–water partition coefficient (Wildman–Crippen LogP) is 1.25. The average molecular weight is 272 g/mol. The lowest BCUT2D eigenvalue weighted by atomic mass is 10.3. The van der Waals surface area contributed by atoms with Crippen LogP contribution in [0.4, 0.5) is 4.79 Å². The zero-order valence-corrected chi connectivity index (χ0v) is 11.4. The summed E-state index contributed by atoms with van der Waals surface area (Å²) in [6.45, 7) is 4.10. The number of urea groups is 1. The first-order valence-corrected chi connectivity index (χ1v) is 6.85. The van der Waals surface area contributed by atoms with Gasteiger partial charge in [-0.25, -0.2) is 4.79 Å². The second kappa shape index (κ2) is 8.91. The zero-order valence-electron chi connectivity index (χ0n) is 10.6. The van der Waals surface area contributed by atoms with Gasteiger partial charge in [-0.2, -0.15) is 0 Å². The van der Waals surface area contributed by atoms with Crippen molar-refractivity contribution in [2.24, 2.45) is 0 Å². The molecule has 0 saturated heterocycles. The smallest absolute Gasteiger partial charge is 0.315 e. The minimum absolute atomic E-state index is 0.0358. The number of thiophene rings is 1. The maximum absolute atomic E-state index is 11.4. The van der Waals surface area contributed by atoms with Gasteiger partial charge in [0.15, 0.2) is 0 Å². The van der Waals surface area contributed by atoms with E-state index in [0.29, 0.717) is 26.3 Å². The molecule has 0 unspecified atom stereocenters. The molecule has 18 heavy (non-hydrogen) atoms. The van der Waals surface area contributed by atoms with Gasteiger partial charge in [-0.05, 0) is 30.4 Å². The Balaban J connectivity index is 2.02. The highest BCUT2D eigenvalue weighted by atomic mass is 32.1. The highest BCUT2D eigenvalue weighted by Gasteiger charge is 2.02. The standard InChI is InChI=1S/C12H20N2O3S/c1-10-3-8-18-11(10)9-14-12(16)13-4-2-6-17-7-5-15/h3,8,15H,2,4-7,9H2,1H3,(H2,13,14,16). The first-order valence-electron chi connectivity index (χ1n) is 5.97. The summed E-state index contributed by atoms with van der Waals surface area (Å²) in [5.41, 5.74) is 1.21. The van der Waals surface area contributed by atoms with Gasteiger partial charge >= 0.3 is 6.03 Å². The molecule has 1 aromatic heterocycles. The van der Waals surface area contributed by atoms with Crippen LogP contribution in [-0.2, 0) is 11.3 Å². The third kappa shape index (κ3) is 6.00. The normalized spacial score (nSPS) is 10.3. The summed E-state index contributed by atoms with van der Waals surface area (Å²) in [4.78, 5) is 12.6. The molecule has 0 aromatic carbocycles. The maximum atomic E-state index is 11.4. The Kier molecular flexibility index (Phi) is 7.40. The van der Waals surface area contributed by atoms with Crippen molar-refractivity contribution in [1.29, 1.82) is 0 Å². The molecule has 0 spiro atoms. The lowest BCUT2D eigenvalue weighted by molar-refractivity contribution is 0.0910. The van der Waals surface area contributed by atoms with Crippen molar-refractivity contribution >= 4 is 17.4 Å². The Morgan fingerprint density at radius 2 is 2.28 bits per heavy atom. The number of hydrogen-bond acceptors (Lipinski definition) is 4. The number of ether oxygens (including phenoxy) is 1. The van der Waals surface area contributed by atoms with Crippen LogP contribution in [0.3, 0.4) is 0 Å². The Bertz CT molecular complexity index is 355. The summed E-state index contributed by atoms with van der Waals surface area (Å²) in [6.07, 6.45) is 0.742. The lowest BCUT2D eigenvalue weighted by Gasteiger charge is -2.07. The van der Waals surface area contributed by atoms with Crippen molar-refractivity contribution in [2.75, 3.05) is 26.4 Å². The number of aryl methyl sites for hydroxylation is 1. The van der Waals surface area contributed by atoms with Gasteiger partial charge in [-0.1, -0.05) is 0 Å². The van der Waals surface area contributed by atoms with Gasteiger partial charge in [0.1, 0.15) is 0 Å². The van der Waals surface area contributed by atoms with E-state index >= 15 is 0 Å². The van der Waals surface area contributed by atoms with E-state index in [9.17, 15) is 4.79 Å². The number of carbonyl (C=O) groups is 1. The molecule has 6 heteroatoms. The molecule has 1 heterocycles. The van der Waals surface area contributed by atoms with Gasteiger partial charge in [0.25, 0.3) is 0 Å². The van der Waals surface area contributed by atoms with Crippen molar-refractivity contribution < 1.29 is 14.6 Å². The second-order valence-corrected chi connectivity index (χ2v) is 4.83. The number of rotatable bonds is 8. The van der Waals surface area contributed by atoms with Gasteiger partial charge in [0.05, 0.1) is 19.8 Å². The Labute approximate surface area is 111 Å². The van der Waals surface area contributed by atoms with Crippen LogP contribution in [0.5, 0.6) is 0 Å². The number of hydrogen-bond donors (Lipinski definition) is 3. The van der Waals surface area contributed by atoms with E-state index in [-0.39, 0.29) is 12.6 Å². The number of aliphatic hydroxyl groups excluding tert-OH is 1. The largest absolute Gasteiger partial charge is 0.394 e. The first kappa shape index (κ1) is 14.9. The number of amides is 2. The van der Waals surface area contributed by atoms with Crippen molar-refractivity contribution in [1.82, 2.24) is 10.6 Å². The maximum Gasteiger partial charge on any atom is 0.315 e. The van der Waals surface area contributed by atoms with Gasteiger partial charge in [0, 0.05) is 18.0 Å². The number of carbonyl (C=O) groups excluding carboxylic acids is 1. The van der Waals surface area contributed by atoms with E-state index in [0.717, 1.165) is 6.42 Å². The molecule has 0 aliphatic carbocycles. The average Bonchev–Trinajstić information content (AvgIpc) is 2.77. The molecular weight excluding hydrogens is 252 g/mol. The van der Waals surface area contributed by atoms with Crippen molar-refractivity contribution in [3.8, 4) is 0 Å². The molecule has 3 N–H and O–H groups in total. The highest BCUT2D eigenvalue weighted by molar-refractivity contribution is 7.10. The Morgan fingerprint density at radius 1 is 1.44 bits per heavy atom. The van der Waals surface area contributed by atoms with Crippen molar-refractivity contribution in [3.05, 3.63) is 21.9 Å². The minimum atomic E-state index is -0.162. The summed E-state index contributed by atoms with van der Waals surface area (Å²) >= 11 is 1.64. The van der Waals surface area contributed by atoms with Crippen LogP contribution in [0.1, 0.15) is 16.9 Å². The molecule has 0 bridgehead atoms. The van der Waals surface area contributed by atoms with Gasteiger partial charge in [-0.3, -0.25) is 0 Å². The van der Waals surface area contributed by atoms with Crippen LogP contribution < -0.4 is 10.6 Å². The summed E-state index contributed by atoms with van der Waals surface area (Å²) in [6, 6.07) is 1.88. The summed E-state index contributed by atoms with van der Waals surface area (Å²) in [7, 11) is 0. The third-order valence-corrected chi connectivity index (χ3v) is 3.39. The highest BCUT2D eigenvalue weighted by Crippen LogP contribution is 2.14. The van der Waals surface area contributed by atoms with Crippen LogP contribution >= 0.6 is 11.3 Å². The molecular formula is C12H20N2O3S. The fourth-order valence-electron chi connectivity index (χ4n) is 1.35. The molecule has 5 nitrogen and oxygen atoms in total. The Hall–Kier alpha value is -1.11. The molecule has 0 aliphatic rings. The SMILES string of the molecule is Cc1ccsc1CNC(=O)NCCCOCCO. The van der Waals surface area contributed by atoms with E-state index in [1.165, 1.54) is 10.4 Å². The van der Waals surface area contributed by atoms with Crippen molar-refractivity contribution in [2.45, 2.75) is 19.9 Å². The molecule has 0 saturated carbocycles. The second-order valence-electron chi connectivity index (χ2n) is 3.83. The first-order chi connectivity index (χ1) is 8.74. The third-order valence-electron chi connectivity index (χ3n) is 2.36. The van der Waals surface area contributed by atoms with Gasteiger partial charge in [-0.15, -0.1) is 11.3 Å². The lowest BCUT2D eigenvalue weighted by Crippen LogP contribution is -2.35. The molecule has 0 atom stereocenters. The minimum Gasteiger partial charge on any atom is -0.394 e. The fourth-order valence-corrected chi connectivity index (χ4v) is 2.20. The van der Waals surface area contributed by atoms with E-state index in [1.54, 1.807) is 11.3 Å². The van der Waals surface area contributed by atoms with E-state index < -0.39 is 0 Å². The van der Waals surface area contributed by atoms with Gasteiger partial charge in [0.2, 0.25) is 0 Å². The van der Waals surface area contributed by atoms with Crippen LogP contribution in [0, 0.1) is 6.92 Å². The zero-order chi connectivity index (χ0) is 13.2. The molecule has 102 valence electrons. The molecule has 2 amide bonds. The van der Waals surface area contributed by atoms with Crippen LogP contribution in [0.15, 0.2) is 11.4 Å². The molecule has 1 rings (SSSR count). The number of aliphatic hydroxyl groups is 1. The van der Waals surface area contributed by atoms with E-state index in [2.05, 4.69) is 10.6 Å². The van der Waals surface area contributed by atoms with E-state index in [1.807, 2.05) is 18.4 Å². The van der Waals surface area contributed by atoms with Crippen LogP contribution in [0.25, 0.3) is 0 Å². The summed E-state index contributed by atoms with van der Waals surface area (Å²) < 4.78 is 5.08. The topological polar surface area (TPSA) is 70.6 Å². The molecule has 0 fully saturated rings. The molecule has 1 aromatic rings. The summed E-state index contributed by atoms with van der Waals surface area (Å²) in [5.74, 6) is 0. The fraction of sp³-hybridized carbons (Fsp3) is 0.583. The quantitative estimate of drug-likeness (QED) is 0.624. The predicted molar refractivity (Wildman–Crippen MR) is 71.8 cm³/mol. The molecule has 0 aliphatic heterocycles. The van der Waals surface area contributed by atoms with Crippen LogP contribution in [0.2, 0.25) is 0 Å². The molecule has 0 radical (unpaired) electrons.